The van der Waals surface area contributed by atoms with Gasteiger partial charge in [-0.15, -0.1) is 0 Å². The van der Waals surface area contributed by atoms with Gasteiger partial charge >= 0.3 is 0 Å². The molecular weight excluding hydrogens is 144 g/mol. The Hall–Kier alpha value is -1.04. The summed E-state index contributed by atoms with van der Waals surface area (Å²) >= 11 is 0. The minimum absolute atomic E-state index is 0.728. The van der Waals surface area contributed by atoms with Crippen LogP contribution in [-0.4, -0.2) is 0 Å². The zero-order chi connectivity index (χ0) is 8.13. The van der Waals surface area contributed by atoms with E-state index in [0.717, 1.165) is 12.3 Å². The third kappa shape index (κ3) is 0.632. The molecule has 1 atom stereocenters. The van der Waals surface area contributed by atoms with Gasteiger partial charge < -0.3 is 0 Å². The molecule has 3 aliphatic carbocycles. The Morgan fingerprint density at radius 1 is 1.42 bits per heavy atom. The van der Waals surface area contributed by atoms with Crippen LogP contribution < -0.4 is 0 Å². The molecule has 3 aliphatic rings. The van der Waals surface area contributed by atoms with E-state index in [2.05, 4.69) is 24.8 Å². The predicted molar refractivity (Wildman–Crippen MR) is 50.7 cm³/mol. The number of fused-ring (bicyclic) bond motifs is 2. The van der Waals surface area contributed by atoms with Crippen molar-refractivity contribution in [2.24, 2.45) is 5.92 Å². The van der Waals surface area contributed by atoms with Gasteiger partial charge in [-0.2, -0.15) is 0 Å². The highest BCUT2D eigenvalue weighted by Crippen LogP contribution is 2.48. The van der Waals surface area contributed by atoms with Crippen LogP contribution in [0.5, 0.6) is 0 Å². The van der Waals surface area contributed by atoms with E-state index in [9.17, 15) is 0 Å². The maximum absolute atomic E-state index is 4.11. The van der Waals surface area contributed by atoms with Crippen molar-refractivity contribution in [3.63, 3.8) is 0 Å². The minimum atomic E-state index is 0.728. The molecule has 0 bridgehead atoms. The minimum Gasteiger partial charge on any atom is -0.0955 e. The second-order valence-corrected chi connectivity index (χ2v) is 3.88. The van der Waals surface area contributed by atoms with Crippen molar-refractivity contribution in [2.75, 3.05) is 0 Å². The van der Waals surface area contributed by atoms with Gasteiger partial charge in [0.25, 0.3) is 0 Å². The molecule has 0 heteroatoms. The highest BCUT2D eigenvalue weighted by molar-refractivity contribution is 5.58. The maximum atomic E-state index is 4.11. The summed E-state index contributed by atoms with van der Waals surface area (Å²) < 4.78 is 0. The topological polar surface area (TPSA) is 0 Å². The molecule has 12 heavy (non-hydrogen) atoms. The predicted octanol–water partition coefficient (Wildman–Crippen LogP) is 3.15. The lowest BCUT2D eigenvalue weighted by atomic mass is 9.98. The summed E-state index contributed by atoms with van der Waals surface area (Å²) in [6.45, 7) is 4.11. The smallest absolute Gasteiger partial charge is 0.00978 e. The molecule has 0 aromatic carbocycles. The SMILES string of the molecule is C=C1CCC2C1=CC1=C2C=CC1. The summed E-state index contributed by atoms with van der Waals surface area (Å²) in [5, 5.41) is 0. The molecule has 0 aromatic heterocycles. The van der Waals surface area contributed by atoms with Crippen molar-refractivity contribution in [1.82, 2.24) is 0 Å². The first-order valence-corrected chi connectivity index (χ1v) is 4.65. The molecule has 1 saturated carbocycles. The van der Waals surface area contributed by atoms with E-state index in [1.165, 1.54) is 24.0 Å². The molecule has 0 amide bonds. The van der Waals surface area contributed by atoms with Crippen LogP contribution in [0.25, 0.3) is 0 Å². The van der Waals surface area contributed by atoms with Crippen molar-refractivity contribution in [3.05, 3.63) is 47.1 Å². The largest absolute Gasteiger partial charge is 0.0955 e. The molecule has 1 unspecified atom stereocenters. The fourth-order valence-electron chi connectivity index (χ4n) is 2.60. The highest BCUT2D eigenvalue weighted by atomic mass is 14.4. The summed E-state index contributed by atoms with van der Waals surface area (Å²) in [5.41, 5.74) is 6.05. The van der Waals surface area contributed by atoms with Crippen LogP contribution in [0.15, 0.2) is 47.1 Å². The van der Waals surface area contributed by atoms with Crippen LogP contribution in [0.4, 0.5) is 0 Å². The lowest BCUT2D eigenvalue weighted by Gasteiger charge is -2.05. The zero-order valence-corrected chi connectivity index (χ0v) is 7.14. The van der Waals surface area contributed by atoms with Crippen molar-refractivity contribution >= 4 is 0 Å². The van der Waals surface area contributed by atoms with Gasteiger partial charge in [-0.3, -0.25) is 0 Å². The number of hydrogen-bond donors (Lipinski definition) is 0. The van der Waals surface area contributed by atoms with Crippen LogP contribution in [0.3, 0.4) is 0 Å². The molecule has 0 radical (unpaired) electrons. The van der Waals surface area contributed by atoms with E-state index < -0.39 is 0 Å². The van der Waals surface area contributed by atoms with Gasteiger partial charge in [-0.05, 0) is 36.0 Å². The Morgan fingerprint density at radius 3 is 3.25 bits per heavy atom. The Morgan fingerprint density at radius 2 is 2.33 bits per heavy atom. The molecule has 0 spiro atoms. The van der Waals surface area contributed by atoms with Gasteiger partial charge in [-0.1, -0.05) is 30.4 Å². The third-order valence-corrected chi connectivity index (χ3v) is 3.23. The van der Waals surface area contributed by atoms with Crippen molar-refractivity contribution in [3.8, 4) is 0 Å². The average molecular weight is 156 g/mol. The van der Waals surface area contributed by atoms with E-state index in [1.807, 2.05) is 0 Å². The fourth-order valence-corrected chi connectivity index (χ4v) is 2.60. The first kappa shape index (κ1) is 6.47. The highest BCUT2D eigenvalue weighted by Gasteiger charge is 2.33. The molecule has 0 saturated heterocycles. The lowest BCUT2D eigenvalue weighted by Crippen LogP contribution is -1.93. The molecule has 0 aliphatic heterocycles. The van der Waals surface area contributed by atoms with Gasteiger partial charge in [0, 0.05) is 5.92 Å². The third-order valence-electron chi connectivity index (χ3n) is 3.23. The summed E-state index contributed by atoms with van der Waals surface area (Å²) in [5.74, 6) is 0.728. The second kappa shape index (κ2) is 2.01. The van der Waals surface area contributed by atoms with Crippen LogP contribution in [-0.2, 0) is 0 Å². The molecule has 0 heterocycles. The maximum Gasteiger partial charge on any atom is 0.00978 e. The van der Waals surface area contributed by atoms with Gasteiger partial charge in [0.2, 0.25) is 0 Å². The van der Waals surface area contributed by atoms with Crippen LogP contribution >= 0.6 is 0 Å². The summed E-state index contributed by atoms with van der Waals surface area (Å²) in [6, 6.07) is 0. The number of rotatable bonds is 0. The van der Waals surface area contributed by atoms with Gasteiger partial charge in [-0.25, -0.2) is 0 Å². The molecule has 1 fully saturated rings. The molecule has 3 rings (SSSR count). The average Bonchev–Trinajstić information content (AvgIpc) is 2.63. The Balaban J connectivity index is 2.09. The van der Waals surface area contributed by atoms with E-state index in [0.29, 0.717) is 0 Å². The zero-order valence-electron chi connectivity index (χ0n) is 7.14. The van der Waals surface area contributed by atoms with Crippen LogP contribution in [0, 0.1) is 5.92 Å². The van der Waals surface area contributed by atoms with Crippen molar-refractivity contribution in [2.45, 2.75) is 19.3 Å². The Kier molecular flexibility index (Phi) is 1.08. The number of hydrogen-bond acceptors (Lipinski definition) is 0. The quantitative estimate of drug-likeness (QED) is 0.505. The first-order chi connectivity index (χ1) is 5.86. The fraction of sp³-hybridized carbons (Fsp3) is 0.333. The normalized spacial score (nSPS) is 31.2. The van der Waals surface area contributed by atoms with Crippen molar-refractivity contribution < 1.29 is 0 Å². The summed E-state index contributed by atoms with van der Waals surface area (Å²) in [4.78, 5) is 0. The summed E-state index contributed by atoms with van der Waals surface area (Å²) in [7, 11) is 0. The Labute approximate surface area is 73.0 Å². The molecule has 0 N–H and O–H groups in total. The van der Waals surface area contributed by atoms with Crippen molar-refractivity contribution in [1.29, 1.82) is 0 Å². The van der Waals surface area contributed by atoms with Gasteiger partial charge in [0.1, 0.15) is 0 Å². The van der Waals surface area contributed by atoms with Crippen LogP contribution in [0.1, 0.15) is 19.3 Å². The molecule has 0 aromatic rings. The first-order valence-electron chi connectivity index (χ1n) is 4.65. The second-order valence-electron chi connectivity index (χ2n) is 3.88. The van der Waals surface area contributed by atoms with Gasteiger partial charge in [0.05, 0.1) is 0 Å². The standard InChI is InChI=1S/C12H12/c1-8-5-6-11-10-4-2-3-9(10)7-12(8)11/h2,4,7,11H,1,3,5-6H2. The van der Waals surface area contributed by atoms with E-state index >= 15 is 0 Å². The summed E-state index contributed by atoms with van der Waals surface area (Å²) in [6.07, 6.45) is 10.6. The van der Waals surface area contributed by atoms with Gasteiger partial charge in [0.15, 0.2) is 0 Å². The lowest BCUT2D eigenvalue weighted by molar-refractivity contribution is 0.751. The molecule has 60 valence electrons. The van der Waals surface area contributed by atoms with E-state index in [1.54, 1.807) is 11.1 Å². The molecular formula is C12H12. The van der Waals surface area contributed by atoms with E-state index in [4.69, 9.17) is 0 Å². The van der Waals surface area contributed by atoms with Crippen LogP contribution in [0.2, 0.25) is 0 Å². The Bertz CT molecular complexity index is 350. The molecule has 0 nitrogen and oxygen atoms in total. The number of allylic oxidation sites excluding steroid dienone is 7. The monoisotopic (exact) mass is 156 g/mol. The van der Waals surface area contributed by atoms with E-state index in [-0.39, 0.29) is 0 Å².